The van der Waals surface area contributed by atoms with Gasteiger partial charge in [-0.05, 0) is 24.3 Å². The normalized spacial score (nSPS) is 15.7. The number of ether oxygens (including phenoxy) is 2. The van der Waals surface area contributed by atoms with Crippen LogP contribution < -0.4 is 19.7 Å². The molecule has 1 aliphatic rings. The quantitative estimate of drug-likeness (QED) is 0.623. The Hall–Kier alpha value is -3.88. The zero-order valence-electron chi connectivity index (χ0n) is 17.2. The topological polar surface area (TPSA) is 107 Å². The second-order valence-corrected chi connectivity index (χ2v) is 7.04. The zero-order chi connectivity index (χ0) is 21.8. The van der Waals surface area contributed by atoms with Crippen molar-refractivity contribution in [3.8, 4) is 11.5 Å². The van der Waals surface area contributed by atoms with Crippen molar-refractivity contribution in [3.05, 3.63) is 65.8 Å². The highest BCUT2D eigenvalue weighted by atomic mass is 16.5. The maximum Gasteiger partial charge on any atom is 0.251 e. The van der Waals surface area contributed by atoms with E-state index in [9.17, 15) is 9.59 Å². The van der Waals surface area contributed by atoms with Crippen LogP contribution in [0.25, 0.3) is 0 Å². The summed E-state index contributed by atoms with van der Waals surface area (Å²) in [5, 5.41) is 6.76. The van der Waals surface area contributed by atoms with E-state index in [1.165, 1.54) is 0 Å². The molecule has 2 amide bonds. The van der Waals surface area contributed by atoms with Crippen molar-refractivity contribution in [2.24, 2.45) is 0 Å². The van der Waals surface area contributed by atoms with Gasteiger partial charge in [0.1, 0.15) is 11.5 Å². The number of amides is 2. The molecule has 1 N–H and O–H groups in total. The third-order valence-corrected chi connectivity index (χ3v) is 5.09. The van der Waals surface area contributed by atoms with Crippen LogP contribution in [-0.4, -0.2) is 42.7 Å². The SMILES string of the molecule is COc1ccc(N2CC(c3noc(CNC(=O)c4ccccc4)n3)CC2=O)c(OC)c1. The third-order valence-electron chi connectivity index (χ3n) is 5.09. The molecule has 1 unspecified atom stereocenters. The van der Waals surface area contributed by atoms with E-state index < -0.39 is 0 Å². The van der Waals surface area contributed by atoms with Crippen molar-refractivity contribution in [2.45, 2.75) is 18.9 Å². The molecule has 2 aromatic carbocycles. The Bertz CT molecular complexity index is 1080. The number of carbonyl (C=O) groups is 2. The summed E-state index contributed by atoms with van der Waals surface area (Å²) in [6.45, 7) is 0.508. The first kappa shape index (κ1) is 20.4. The molecule has 0 radical (unpaired) electrons. The van der Waals surface area contributed by atoms with Gasteiger partial charge in [0.05, 0.1) is 26.5 Å². The van der Waals surface area contributed by atoms with Gasteiger partial charge in [0.15, 0.2) is 5.82 Å². The number of hydrogen-bond acceptors (Lipinski definition) is 7. The Labute approximate surface area is 179 Å². The molecule has 0 saturated carbocycles. The molecule has 1 aliphatic heterocycles. The molecule has 1 saturated heterocycles. The zero-order valence-corrected chi connectivity index (χ0v) is 17.2. The van der Waals surface area contributed by atoms with Crippen LogP contribution in [0.2, 0.25) is 0 Å². The number of hydrogen-bond donors (Lipinski definition) is 1. The lowest BCUT2D eigenvalue weighted by Crippen LogP contribution is -2.25. The van der Waals surface area contributed by atoms with Crippen molar-refractivity contribution >= 4 is 17.5 Å². The summed E-state index contributed by atoms with van der Waals surface area (Å²) in [7, 11) is 3.12. The fourth-order valence-corrected chi connectivity index (χ4v) is 3.47. The molecule has 1 fully saturated rings. The molecule has 2 heterocycles. The van der Waals surface area contributed by atoms with Crippen molar-refractivity contribution in [3.63, 3.8) is 0 Å². The average Bonchev–Trinajstić information content (AvgIpc) is 3.44. The standard InChI is InChI=1S/C22H22N4O5/c1-29-16-8-9-17(18(11-16)30-2)26-13-15(10-20(26)27)21-24-19(31-25-21)12-23-22(28)14-6-4-3-5-7-14/h3-9,11,15H,10,12-13H2,1-2H3,(H,23,28). The Morgan fingerprint density at radius 1 is 1.19 bits per heavy atom. The molecule has 0 bridgehead atoms. The minimum atomic E-state index is -0.228. The van der Waals surface area contributed by atoms with Crippen LogP contribution in [0.5, 0.6) is 11.5 Å². The lowest BCUT2D eigenvalue weighted by molar-refractivity contribution is -0.117. The van der Waals surface area contributed by atoms with Crippen LogP contribution in [0.15, 0.2) is 53.1 Å². The molecule has 0 aliphatic carbocycles. The van der Waals surface area contributed by atoms with Crippen LogP contribution >= 0.6 is 0 Å². The molecule has 9 heteroatoms. The molecular weight excluding hydrogens is 400 g/mol. The van der Waals surface area contributed by atoms with Crippen LogP contribution in [0.3, 0.4) is 0 Å². The van der Waals surface area contributed by atoms with E-state index in [1.54, 1.807) is 61.6 Å². The Morgan fingerprint density at radius 3 is 2.74 bits per heavy atom. The summed E-state index contributed by atoms with van der Waals surface area (Å²) in [4.78, 5) is 30.8. The van der Waals surface area contributed by atoms with Gasteiger partial charge < -0.3 is 24.2 Å². The van der Waals surface area contributed by atoms with E-state index in [1.807, 2.05) is 6.07 Å². The molecule has 160 valence electrons. The molecular formula is C22H22N4O5. The van der Waals surface area contributed by atoms with Gasteiger partial charge in [0, 0.05) is 30.5 Å². The summed E-state index contributed by atoms with van der Waals surface area (Å²) in [6.07, 6.45) is 0.254. The largest absolute Gasteiger partial charge is 0.497 e. The summed E-state index contributed by atoms with van der Waals surface area (Å²) in [5.74, 6) is 1.41. The number of carbonyl (C=O) groups excluding carboxylic acids is 2. The smallest absolute Gasteiger partial charge is 0.251 e. The lowest BCUT2D eigenvalue weighted by Gasteiger charge is -2.19. The van der Waals surface area contributed by atoms with Crippen LogP contribution in [0.1, 0.15) is 34.4 Å². The van der Waals surface area contributed by atoms with E-state index in [2.05, 4.69) is 15.5 Å². The summed E-state index contributed by atoms with van der Waals surface area (Å²) >= 11 is 0. The van der Waals surface area contributed by atoms with Gasteiger partial charge in [-0.15, -0.1) is 0 Å². The van der Waals surface area contributed by atoms with Gasteiger partial charge in [-0.1, -0.05) is 23.4 Å². The van der Waals surface area contributed by atoms with Gasteiger partial charge in [-0.3, -0.25) is 9.59 Å². The molecule has 9 nitrogen and oxygen atoms in total. The van der Waals surface area contributed by atoms with Gasteiger partial charge in [0.25, 0.3) is 5.91 Å². The van der Waals surface area contributed by atoms with Gasteiger partial charge in [0.2, 0.25) is 11.8 Å². The van der Waals surface area contributed by atoms with Gasteiger partial charge in [-0.2, -0.15) is 4.98 Å². The Morgan fingerprint density at radius 2 is 2.00 bits per heavy atom. The summed E-state index contributed by atoms with van der Waals surface area (Å²) in [6, 6.07) is 14.2. The number of rotatable bonds is 7. The number of aromatic nitrogens is 2. The molecule has 3 aromatic rings. The molecule has 1 atom stereocenters. The monoisotopic (exact) mass is 422 g/mol. The highest BCUT2D eigenvalue weighted by Gasteiger charge is 2.35. The highest BCUT2D eigenvalue weighted by molar-refractivity contribution is 5.98. The molecule has 4 rings (SSSR count). The Balaban J connectivity index is 1.42. The maximum atomic E-state index is 12.7. The first-order valence-corrected chi connectivity index (χ1v) is 9.77. The fraction of sp³-hybridized carbons (Fsp3) is 0.273. The van der Waals surface area contributed by atoms with Crippen molar-refractivity contribution in [2.75, 3.05) is 25.7 Å². The van der Waals surface area contributed by atoms with Crippen molar-refractivity contribution < 1.29 is 23.6 Å². The second kappa shape index (κ2) is 8.86. The predicted molar refractivity (Wildman–Crippen MR) is 111 cm³/mol. The maximum absolute atomic E-state index is 12.7. The highest BCUT2D eigenvalue weighted by Crippen LogP contribution is 2.37. The molecule has 31 heavy (non-hydrogen) atoms. The Kier molecular flexibility index (Phi) is 5.83. The van der Waals surface area contributed by atoms with E-state index in [0.717, 1.165) is 0 Å². The summed E-state index contributed by atoms with van der Waals surface area (Å²) < 4.78 is 15.9. The number of benzene rings is 2. The van der Waals surface area contributed by atoms with Gasteiger partial charge >= 0.3 is 0 Å². The minimum absolute atomic E-state index is 0.0582. The number of methoxy groups -OCH3 is 2. The lowest BCUT2D eigenvalue weighted by atomic mass is 10.1. The average molecular weight is 422 g/mol. The first-order valence-electron chi connectivity index (χ1n) is 9.77. The second-order valence-electron chi connectivity index (χ2n) is 7.04. The number of nitrogens with one attached hydrogen (secondary N) is 1. The number of anilines is 1. The third kappa shape index (κ3) is 4.35. The van der Waals surface area contributed by atoms with E-state index in [-0.39, 0.29) is 36.6 Å². The molecule has 1 aromatic heterocycles. The van der Waals surface area contributed by atoms with E-state index >= 15 is 0 Å². The fourth-order valence-electron chi connectivity index (χ4n) is 3.47. The molecule has 0 spiro atoms. The van der Waals surface area contributed by atoms with Crippen LogP contribution in [0, 0.1) is 0 Å². The van der Waals surface area contributed by atoms with Crippen molar-refractivity contribution in [1.82, 2.24) is 15.5 Å². The van der Waals surface area contributed by atoms with E-state index in [0.29, 0.717) is 35.1 Å². The van der Waals surface area contributed by atoms with Crippen LogP contribution in [-0.2, 0) is 11.3 Å². The van der Waals surface area contributed by atoms with Gasteiger partial charge in [-0.25, -0.2) is 0 Å². The summed E-state index contributed by atoms with van der Waals surface area (Å²) in [5.41, 5.74) is 1.21. The predicted octanol–water partition coefficient (Wildman–Crippen LogP) is 2.54. The van der Waals surface area contributed by atoms with Crippen LogP contribution in [0.4, 0.5) is 5.69 Å². The van der Waals surface area contributed by atoms with Crippen molar-refractivity contribution in [1.29, 1.82) is 0 Å². The first-order chi connectivity index (χ1) is 15.1. The minimum Gasteiger partial charge on any atom is -0.497 e. The number of nitrogens with zero attached hydrogens (tertiary/aromatic N) is 3. The van der Waals surface area contributed by atoms with E-state index in [4.69, 9.17) is 14.0 Å².